The number of aliphatic hydroxyl groups is 1. The Balaban J connectivity index is 1.81. The van der Waals surface area contributed by atoms with Crippen molar-refractivity contribution in [3.63, 3.8) is 0 Å². The van der Waals surface area contributed by atoms with E-state index in [1.54, 1.807) is 18.7 Å². The minimum atomic E-state index is -1.31. The van der Waals surface area contributed by atoms with Gasteiger partial charge in [0, 0.05) is 24.9 Å². The number of rotatable bonds is 4. The van der Waals surface area contributed by atoms with Crippen molar-refractivity contribution in [3.05, 3.63) is 11.6 Å². The van der Waals surface area contributed by atoms with E-state index in [9.17, 15) is 9.90 Å². The van der Waals surface area contributed by atoms with Gasteiger partial charge in [0.2, 0.25) is 0 Å². The van der Waals surface area contributed by atoms with Crippen molar-refractivity contribution >= 4 is 5.91 Å². The third-order valence-corrected chi connectivity index (χ3v) is 4.79. The van der Waals surface area contributed by atoms with Crippen LogP contribution in [0.5, 0.6) is 0 Å². The van der Waals surface area contributed by atoms with Crippen LogP contribution >= 0.6 is 0 Å². The van der Waals surface area contributed by atoms with Crippen molar-refractivity contribution < 1.29 is 9.90 Å². The molecule has 0 unspecified atom stereocenters. The summed E-state index contributed by atoms with van der Waals surface area (Å²) in [6.45, 7) is 8.60. The Labute approximate surface area is 131 Å². The number of nitrogens with one attached hydrogen (secondary N) is 1. The number of hydrogen-bond acceptors (Lipinski definition) is 4. The fourth-order valence-electron chi connectivity index (χ4n) is 3.39. The fourth-order valence-corrected chi connectivity index (χ4v) is 3.39. The number of aromatic amines is 1. The molecule has 1 aromatic heterocycles. The van der Waals surface area contributed by atoms with Crippen LogP contribution in [0.4, 0.5) is 0 Å². The van der Waals surface area contributed by atoms with E-state index in [1.165, 1.54) is 12.8 Å². The molecule has 1 amide bonds. The van der Waals surface area contributed by atoms with Gasteiger partial charge in [-0.05, 0) is 38.5 Å². The number of hydrogen-bond donors (Lipinski definition) is 2. The van der Waals surface area contributed by atoms with Gasteiger partial charge in [-0.15, -0.1) is 0 Å². The second-order valence-electron chi connectivity index (χ2n) is 7.61. The largest absolute Gasteiger partial charge is 0.381 e. The van der Waals surface area contributed by atoms with Crippen molar-refractivity contribution in [2.75, 3.05) is 13.1 Å². The Bertz CT molecular complexity index is 557. The van der Waals surface area contributed by atoms with Gasteiger partial charge in [0.25, 0.3) is 5.91 Å². The van der Waals surface area contributed by atoms with Gasteiger partial charge in [0.05, 0.1) is 0 Å². The maximum Gasteiger partial charge on any atom is 0.253 e. The highest BCUT2D eigenvalue weighted by Gasteiger charge is 2.47. The summed E-state index contributed by atoms with van der Waals surface area (Å²) in [7, 11) is 0. The molecule has 2 N–H and O–H groups in total. The molecule has 1 saturated heterocycles. The zero-order chi connectivity index (χ0) is 16.1. The topological polar surface area (TPSA) is 82.1 Å². The maximum atomic E-state index is 12.4. The molecule has 0 bridgehead atoms. The number of H-pyrrole nitrogens is 1. The average Bonchev–Trinajstić information content (AvgIpc) is 3.00. The first-order chi connectivity index (χ1) is 10.3. The molecule has 6 nitrogen and oxygen atoms in total. The minimum Gasteiger partial charge on any atom is -0.381 e. The summed E-state index contributed by atoms with van der Waals surface area (Å²) in [5, 5.41) is 17.4. The molecule has 0 spiro atoms. The minimum absolute atomic E-state index is 0.191. The highest BCUT2D eigenvalue weighted by atomic mass is 16.3. The van der Waals surface area contributed by atoms with E-state index in [4.69, 9.17) is 0 Å². The van der Waals surface area contributed by atoms with Crippen LogP contribution in [-0.2, 0) is 4.79 Å². The molecular weight excluding hydrogens is 280 g/mol. The van der Waals surface area contributed by atoms with Crippen molar-refractivity contribution in [2.24, 2.45) is 11.8 Å². The molecule has 6 heteroatoms. The van der Waals surface area contributed by atoms with Crippen molar-refractivity contribution in [3.8, 4) is 0 Å². The molecule has 1 saturated carbocycles. The lowest BCUT2D eigenvalue weighted by Crippen LogP contribution is -2.44. The molecule has 122 valence electrons. The summed E-state index contributed by atoms with van der Waals surface area (Å²) < 4.78 is 0. The third-order valence-electron chi connectivity index (χ3n) is 4.79. The van der Waals surface area contributed by atoms with E-state index in [0.717, 1.165) is 18.2 Å². The van der Waals surface area contributed by atoms with Gasteiger partial charge in [-0.25, -0.2) is 4.98 Å². The molecule has 22 heavy (non-hydrogen) atoms. The zero-order valence-electron chi connectivity index (χ0n) is 13.8. The molecule has 0 radical (unpaired) electrons. The first-order valence-corrected chi connectivity index (χ1v) is 8.21. The zero-order valence-corrected chi connectivity index (χ0v) is 13.8. The summed E-state index contributed by atoms with van der Waals surface area (Å²) in [5.74, 6) is 3.14. The first-order valence-electron chi connectivity index (χ1n) is 8.21. The highest BCUT2D eigenvalue weighted by molar-refractivity contribution is 5.84. The van der Waals surface area contributed by atoms with Gasteiger partial charge in [-0.3, -0.25) is 9.89 Å². The highest BCUT2D eigenvalue weighted by Crippen LogP contribution is 2.47. The summed E-state index contributed by atoms with van der Waals surface area (Å²) >= 11 is 0. The number of carbonyl (C=O) groups is 1. The molecule has 1 aromatic rings. The first kappa shape index (κ1) is 15.5. The van der Waals surface area contributed by atoms with Crippen LogP contribution in [0.2, 0.25) is 0 Å². The Kier molecular flexibility index (Phi) is 3.75. The van der Waals surface area contributed by atoms with Gasteiger partial charge >= 0.3 is 0 Å². The van der Waals surface area contributed by atoms with E-state index < -0.39 is 5.60 Å². The normalized spacial score (nSPS) is 26.0. The third kappa shape index (κ3) is 2.89. The van der Waals surface area contributed by atoms with Gasteiger partial charge in [-0.1, -0.05) is 13.8 Å². The summed E-state index contributed by atoms with van der Waals surface area (Å²) in [5.41, 5.74) is -1.31. The number of nitrogens with zero attached hydrogens (tertiary/aromatic N) is 3. The molecule has 2 aliphatic rings. The Hall–Kier alpha value is -1.43. The smallest absolute Gasteiger partial charge is 0.253 e. The monoisotopic (exact) mass is 306 g/mol. The molecular formula is C16H26N4O2. The molecule has 2 heterocycles. The predicted octanol–water partition coefficient (Wildman–Crippen LogP) is 1.65. The van der Waals surface area contributed by atoms with Gasteiger partial charge in [0.15, 0.2) is 5.82 Å². The lowest BCUT2D eigenvalue weighted by Gasteiger charge is -2.24. The van der Waals surface area contributed by atoms with Crippen LogP contribution in [0.1, 0.15) is 64.0 Å². The quantitative estimate of drug-likeness (QED) is 0.886. The Morgan fingerprint density at radius 2 is 2.05 bits per heavy atom. The van der Waals surface area contributed by atoms with Crippen molar-refractivity contribution in [1.82, 2.24) is 20.1 Å². The predicted molar refractivity (Wildman–Crippen MR) is 82.3 cm³/mol. The molecule has 1 aliphatic carbocycles. The Morgan fingerprint density at radius 1 is 1.36 bits per heavy atom. The summed E-state index contributed by atoms with van der Waals surface area (Å²) in [4.78, 5) is 18.8. The molecule has 1 aliphatic heterocycles. The van der Waals surface area contributed by atoms with Crippen LogP contribution in [0.3, 0.4) is 0 Å². The van der Waals surface area contributed by atoms with Crippen LogP contribution in [-0.4, -0.2) is 49.8 Å². The SMILES string of the molecule is CC(C)c1n[nH]c([C@H]2CN(C(=O)C(C)(C)O)C[C@@H]2C2CC2)n1. The number of amides is 1. The molecule has 0 aromatic carbocycles. The molecule has 2 atom stereocenters. The van der Waals surface area contributed by atoms with Crippen LogP contribution in [0.25, 0.3) is 0 Å². The van der Waals surface area contributed by atoms with Crippen LogP contribution in [0.15, 0.2) is 0 Å². The van der Waals surface area contributed by atoms with E-state index in [2.05, 4.69) is 29.0 Å². The van der Waals surface area contributed by atoms with E-state index in [-0.39, 0.29) is 11.8 Å². The molecule has 3 rings (SSSR count). The van der Waals surface area contributed by atoms with E-state index in [1.807, 2.05) is 0 Å². The van der Waals surface area contributed by atoms with Crippen LogP contribution < -0.4 is 0 Å². The average molecular weight is 306 g/mol. The van der Waals surface area contributed by atoms with E-state index in [0.29, 0.717) is 24.3 Å². The van der Waals surface area contributed by atoms with E-state index >= 15 is 0 Å². The lowest BCUT2D eigenvalue weighted by molar-refractivity contribution is -0.146. The maximum absolute atomic E-state index is 12.4. The second kappa shape index (κ2) is 5.33. The standard InChI is InChI=1S/C16H26N4O2/c1-9(2)13-17-14(19-18-13)12-8-20(15(21)16(3,4)22)7-11(12)10-5-6-10/h9-12,22H,5-8H2,1-4H3,(H,17,18,19)/t11-,12+/m1/s1. The molecule has 2 fully saturated rings. The number of aromatic nitrogens is 3. The van der Waals surface area contributed by atoms with Crippen molar-refractivity contribution in [2.45, 2.75) is 58.0 Å². The fraction of sp³-hybridized carbons (Fsp3) is 0.812. The number of likely N-dealkylation sites (tertiary alicyclic amines) is 1. The Morgan fingerprint density at radius 3 is 2.55 bits per heavy atom. The van der Waals surface area contributed by atoms with Gasteiger partial charge < -0.3 is 10.0 Å². The second-order valence-corrected chi connectivity index (χ2v) is 7.61. The number of carbonyl (C=O) groups excluding carboxylic acids is 1. The van der Waals surface area contributed by atoms with Crippen molar-refractivity contribution in [1.29, 1.82) is 0 Å². The summed E-state index contributed by atoms with van der Waals surface area (Å²) in [6.07, 6.45) is 2.47. The van der Waals surface area contributed by atoms with Crippen LogP contribution in [0, 0.1) is 11.8 Å². The van der Waals surface area contributed by atoms with Gasteiger partial charge in [-0.2, -0.15) is 5.10 Å². The van der Waals surface area contributed by atoms with Gasteiger partial charge in [0.1, 0.15) is 11.4 Å². The lowest BCUT2D eigenvalue weighted by atomic mass is 9.91. The summed E-state index contributed by atoms with van der Waals surface area (Å²) in [6, 6.07) is 0.